The number of amides is 1. The number of rotatable bonds is 3. The highest BCUT2D eigenvalue weighted by atomic mass is 16.7. The van der Waals surface area contributed by atoms with E-state index < -0.39 is 5.97 Å². The molecular formula is C12H19N3O6. The summed E-state index contributed by atoms with van der Waals surface area (Å²) in [5.74, 6) is -1.40. The summed E-state index contributed by atoms with van der Waals surface area (Å²) in [6.45, 7) is 0. The number of nitrogens with zero attached hydrogens (tertiary/aromatic N) is 3. The summed E-state index contributed by atoms with van der Waals surface area (Å²) in [6, 6.07) is 2.75. The molecule has 0 aromatic carbocycles. The summed E-state index contributed by atoms with van der Waals surface area (Å²) < 4.78 is 8.72. The Morgan fingerprint density at radius 2 is 1.62 bits per heavy atom. The van der Waals surface area contributed by atoms with Gasteiger partial charge in [-0.1, -0.05) is 25.2 Å². The second kappa shape index (κ2) is 10.1. The molecule has 0 aliphatic heterocycles. The molecule has 2 rings (SSSR count). The summed E-state index contributed by atoms with van der Waals surface area (Å²) in [6.07, 6.45) is 2.54. The van der Waals surface area contributed by atoms with Gasteiger partial charge in [0, 0.05) is 19.2 Å². The van der Waals surface area contributed by atoms with Crippen molar-refractivity contribution in [2.75, 3.05) is 14.2 Å². The molecular weight excluding hydrogens is 282 g/mol. The first-order valence-corrected chi connectivity index (χ1v) is 4.92. The van der Waals surface area contributed by atoms with E-state index in [1.54, 1.807) is 0 Å². The van der Waals surface area contributed by atoms with Crippen LogP contribution in [0.4, 0.5) is 0 Å². The summed E-state index contributed by atoms with van der Waals surface area (Å²) >= 11 is 0. The molecule has 1 amide bonds. The van der Waals surface area contributed by atoms with E-state index in [1.165, 1.54) is 38.8 Å². The maximum Gasteiger partial charge on any atom is 0.358 e. The van der Waals surface area contributed by atoms with Crippen molar-refractivity contribution in [1.82, 2.24) is 15.4 Å². The highest BCUT2D eigenvalue weighted by Crippen LogP contribution is 1.98. The number of hydroxylamine groups is 2. The highest BCUT2D eigenvalue weighted by molar-refractivity contribution is 5.91. The van der Waals surface area contributed by atoms with Crippen LogP contribution in [-0.4, -0.2) is 46.5 Å². The zero-order valence-electron chi connectivity index (χ0n) is 10.1. The van der Waals surface area contributed by atoms with Crippen molar-refractivity contribution < 1.29 is 28.6 Å². The van der Waals surface area contributed by atoms with Crippen LogP contribution in [0.15, 0.2) is 33.7 Å². The lowest BCUT2D eigenvalue weighted by molar-refractivity contribution is -0.0762. The highest BCUT2D eigenvalue weighted by Gasteiger charge is 2.13. The molecule has 9 nitrogen and oxygen atoms in total. The van der Waals surface area contributed by atoms with E-state index in [0.29, 0.717) is 0 Å². The van der Waals surface area contributed by atoms with Crippen LogP contribution in [0, 0.1) is 0 Å². The normalized spacial score (nSPS) is 8.48. The van der Waals surface area contributed by atoms with Crippen molar-refractivity contribution in [1.29, 1.82) is 0 Å². The lowest BCUT2D eigenvalue weighted by Gasteiger charge is -2.10. The predicted molar refractivity (Wildman–Crippen MR) is 72.5 cm³/mol. The van der Waals surface area contributed by atoms with E-state index in [-0.39, 0.29) is 32.1 Å². The van der Waals surface area contributed by atoms with Gasteiger partial charge in [0.15, 0.2) is 11.4 Å². The maximum atomic E-state index is 11.1. The van der Waals surface area contributed by atoms with E-state index in [4.69, 9.17) is 5.11 Å². The molecule has 2 aromatic rings. The van der Waals surface area contributed by atoms with Gasteiger partial charge in [0.1, 0.15) is 12.5 Å². The average Bonchev–Trinajstić information content (AvgIpc) is 3.09. The molecule has 0 aliphatic rings. The van der Waals surface area contributed by atoms with Gasteiger partial charge in [-0.15, -0.1) is 0 Å². The Kier molecular flexibility index (Phi) is 9.97. The summed E-state index contributed by atoms with van der Waals surface area (Å²) in [4.78, 5) is 25.7. The quantitative estimate of drug-likeness (QED) is 0.854. The van der Waals surface area contributed by atoms with Gasteiger partial charge < -0.3 is 14.2 Å². The van der Waals surface area contributed by atoms with E-state index >= 15 is 0 Å². The molecule has 2 aromatic heterocycles. The number of carbonyl (C=O) groups is 2. The minimum Gasteiger partial charge on any atom is -0.476 e. The smallest absolute Gasteiger partial charge is 0.358 e. The summed E-state index contributed by atoms with van der Waals surface area (Å²) in [5.41, 5.74) is 0.166. The zero-order valence-corrected chi connectivity index (χ0v) is 10.1. The SMILES string of the molecule is C.C.CON(C)C(=O)c1ccon1.O=C(O)c1ccon1. The minimum atomic E-state index is -1.07. The first kappa shape index (κ1) is 20.6. The molecule has 0 unspecified atom stereocenters. The third kappa shape index (κ3) is 6.34. The molecule has 0 fully saturated rings. The van der Waals surface area contributed by atoms with Gasteiger partial charge in [-0.2, -0.15) is 0 Å². The Labute approximate surface area is 122 Å². The molecule has 0 atom stereocenters. The van der Waals surface area contributed by atoms with Crippen molar-refractivity contribution in [3.63, 3.8) is 0 Å². The fraction of sp³-hybridized carbons (Fsp3) is 0.333. The first-order chi connectivity index (χ1) is 9.06. The first-order valence-electron chi connectivity index (χ1n) is 4.92. The Balaban J connectivity index is 0. The van der Waals surface area contributed by atoms with Crippen molar-refractivity contribution in [2.45, 2.75) is 14.9 Å². The molecule has 0 spiro atoms. The largest absolute Gasteiger partial charge is 0.476 e. The summed E-state index contributed by atoms with van der Waals surface area (Å²) in [7, 11) is 2.90. The number of carbonyl (C=O) groups excluding carboxylic acids is 1. The molecule has 1 N–H and O–H groups in total. The van der Waals surface area contributed by atoms with E-state index in [9.17, 15) is 9.59 Å². The van der Waals surface area contributed by atoms with Crippen molar-refractivity contribution >= 4 is 11.9 Å². The molecule has 0 radical (unpaired) electrons. The number of hydrogen-bond donors (Lipinski definition) is 1. The molecule has 9 heteroatoms. The molecule has 0 aliphatic carbocycles. The van der Waals surface area contributed by atoms with Gasteiger partial charge >= 0.3 is 5.97 Å². The topological polar surface area (TPSA) is 119 Å². The molecule has 118 valence electrons. The van der Waals surface area contributed by atoms with Crippen molar-refractivity contribution in [3.05, 3.63) is 36.0 Å². The fourth-order valence-corrected chi connectivity index (χ4v) is 0.890. The number of carboxylic acids is 1. The number of carboxylic acid groups (broad SMARTS) is 1. The van der Waals surface area contributed by atoms with Crippen LogP contribution in [0.25, 0.3) is 0 Å². The third-order valence-corrected chi connectivity index (χ3v) is 1.87. The second-order valence-electron chi connectivity index (χ2n) is 3.06. The number of aromatic nitrogens is 2. The van der Waals surface area contributed by atoms with E-state index in [2.05, 4.69) is 24.2 Å². The second-order valence-corrected chi connectivity index (χ2v) is 3.06. The van der Waals surface area contributed by atoms with Crippen LogP contribution in [0.1, 0.15) is 35.8 Å². The molecule has 2 heterocycles. The Morgan fingerprint density at radius 3 is 1.90 bits per heavy atom. The van der Waals surface area contributed by atoms with Gasteiger partial charge in [0.25, 0.3) is 5.91 Å². The van der Waals surface area contributed by atoms with Crippen molar-refractivity contribution in [3.8, 4) is 0 Å². The van der Waals surface area contributed by atoms with Gasteiger partial charge in [0.05, 0.1) is 7.11 Å². The van der Waals surface area contributed by atoms with Crippen molar-refractivity contribution in [2.24, 2.45) is 0 Å². The van der Waals surface area contributed by atoms with Gasteiger partial charge in [0.2, 0.25) is 0 Å². The zero-order chi connectivity index (χ0) is 14.3. The van der Waals surface area contributed by atoms with Crippen LogP contribution >= 0.6 is 0 Å². The number of hydrogen-bond acceptors (Lipinski definition) is 7. The minimum absolute atomic E-state index is 0. The van der Waals surface area contributed by atoms with Crippen LogP contribution in [0.3, 0.4) is 0 Å². The Hall–Kier alpha value is -2.68. The summed E-state index contributed by atoms with van der Waals surface area (Å²) in [5, 5.41) is 15.8. The Bertz CT molecular complexity index is 509. The Morgan fingerprint density at radius 1 is 1.14 bits per heavy atom. The van der Waals surface area contributed by atoms with Gasteiger partial charge in [-0.3, -0.25) is 9.63 Å². The number of aromatic carboxylic acids is 1. The lowest BCUT2D eigenvalue weighted by Crippen LogP contribution is -2.25. The van der Waals surface area contributed by atoms with Crippen LogP contribution in [-0.2, 0) is 4.84 Å². The molecule has 0 saturated carbocycles. The average molecular weight is 301 g/mol. The van der Waals surface area contributed by atoms with E-state index in [0.717, 1.165) is 5.06 Å². The monoisotopic (exact) mass is 301 g/mol. The molecule has 21 heavy (non-hydrogen) atoms. The lowest BCUT2D eigenvalue weighted by atomic mass is 10.4. The van der Waals surface area contributed by atoms with E-state index in [1.807, 2.05) is 0 Å². The van der Waals surface area contributed by atoms with Crippen LogP contribution in [0.2, 0.25) is 0 Å². The molecule has 0 bridgehead atoms. The molecule has 0 saturated heterocycles. The fourth-order valence-electron chi connectivity index (χ4n) is 0.890. The van der Waals surface area contributed by atoms with Crippen LogP contribution < -0.4 is 0 Å². The maximum absolute atomic E-state index is 11.1. The predicted octanol–water partition coefficient (Wildman–Crippen LogP) is 1.95. The van der Waals surface area contributed by atoms with Crippen LogP contribution in [0.5, 0.6) is 0 Å². The standard InChI is InChI=1S/C6H8N2O3.C4H3NO3.2CH4/c1-8(10-2)6(9)5-3-4-11-7-5;6-4(7)3-1-2-8-5-3;;/h3-4H,1-2H3;1-2H,(H,6,7);2*1H4. The van der Waals surface area contributed by atoms with Gasteiger partial charge in [-0.05, 0) is 0 Å². The third-order valence-electron chi connectivity index (χ3n) is 1.87. The van der Waals surface area contributed by atoms with Gasteiger partial charge in [-0.25, -0.2) is 9.86 Å².